The van der Waals surface area contributed by atoms with Crippen molar-refractivity contribution in [1.29, 1.82) is 0 Å². The molecule has 2 rings (SSSR count). The SMILES string of the molecule is COc1cccc(-c2ccc(C(=O)NCCNC(=O)N(C)C)cc2)c1. The molecule has 6 heteroatoms. The van der Waals surface area contributed by atoms with Crippen LogP contribution >= 0.6 is 0 Å². The van der Waals surface area contributed by atoms with E-state index in [4.69, 9.17) is 4.74 Å². The molecule has 0 spiro atoms. The molecule has 132 valence electrons. The highest BCUT2D eigenvalue weighted by Gasteiger charge is 2.07. The largest absolute Gasteiger partial charge is 0.497 e. The molecule has 0 bridgehead atoms. The fourth-order valence-electron chi connectivity index (χ4n) is 2.22. The van der Waals surface area contributed by atoms with Gasteiger partial charge in [0.2, 0.25) is 0 Å². The molecule has 2 aromatic rings. The maximum atomic E-state index is 12.1. The number of rotatable bonds is 6. The Morgan fingerprint density at radius 3 is 2.28 bits per heavy atom. The predicted molar refractivity (Wildman–Crippen MR) is 97.8 cm³/mol. The third-order valence-electron chi connectivity index (χ3n) is 3.64. The molecule has 0 heterocycles. The van der Waals surface area contributed by atoms with Crippen molar-refractivity contribution < 1.29 is 14.3 Å². The Morgan fingerprint density at radius 1 is 0.960 bits per heavy atom. The minimum atomic E-state index is -0.183. The van der Waals surface area contributed by atoms with Crippen LogP contribution in [0.1, 0.15) is 10.4 Å². The van der Waals surface area contributed by atoms with Gasteiger partial charge in [-0.2, -0.15) is 0 Å². The summed E-state index contributed by atoms with van der Waals surface area (Å²) >= 11 is 0. The Balaban J connectivity index is 1.90. The second kappa shape index (κ2) is 8.73. The number of ether oxygens (including phenoxy) is 1. The van der Waals surface area contributed by atoms with Crippen molar-refractivity contribution >= 4 is 11.9 Å². The monoisotopic (exact) mass is 341 g/mol. The lowest BCUT2D eigenvalue weighted by Crippen LogP contribution is -2.39. The molecule has 2 N–H and O–H groups in total. The summed E-state index contributed by atoms with van der Waals surface area (Å²) in [4.78, 5) is 24.9. The first-order valence-electron chi connectivity index (χ1n) is 7.99. The molecule has 0 aliphatic rings. The number of hydrogen-bond acceptors (Lipinski definition) is 3. The molecule has 0 aromatic heterocycles. The fourth-order valence-corrected chi connectivity index (χ4v) is 2.22. The smallest absolute Gasteiger partial charge is 0.316 e. The number of carbonyl (C=O) groups is 2. The summed E-state index contributed by atoms with van der Waals surface area (Å²) in [7, 11) is 4.96. The Morgan fingerprint density at radius 2 is 1.64 bits per heavy atom. The zero-order valence-electron chi connectivity index (χ0n) is 14.7. The molecule has 25 heavy (non-hydrogen) atoms. The van der Waals surface area contributed by atoms with E-state index in [1.54, 1.807) is 33.3 Å². The molecule has 0 saturated carbocycles. The topological polar surface area (TPSA) is 70.7 Å². The van der Waals surface area contributed by atoms with Crippen LogP contribution < -0.4 is 15.4 Å². The fraction of sp³-hybridized carbons (Fsp3) is 0.263. The first-order chi connectivity index (χ1) is 12.0. The van der Waals surface area contributed by atoms with Gasteiger partial charge >= 0.3 is 6.03 Å². The number of methoxy groups -OCH3 is 1. The number of nitrogens with zero attached hydrogens (tertiary/aromatic N) is 1. The second-order valence-corrected chi connectivity index (χ2v) is 5.69. The summed E-state index contributed by atoms with van der Waals surface area (Å²) in [6.45, 7) is 0.751. The summed E-state index contributed by atoms with van der Waals surface area (Å²) in [5.74, 6) is 0.621. The molecule has 0 aliphatic heterocycles. The van der Waals surface area contributed by atoms with E-state index in [1.807, 2.05) is 36.4 Å². The van der Waals surface area contributed by atoms with Crippen molar-refractivity contribution in [2.75, 3.05) is 34.3 Å². The van der Waals surface area contributed by atoms with E-state index in [0.29, 0.717) is 18.7 Å². The van der Waals surface area contributed by atoms with Crippen molar-refractivity contribution in [1.82, 2.24) is 15.5 Å². The molecule has 0 atom stereocenters. The Kier molecular flexibility index (Phi) is 6.39. The summed E-state index contributed by atoms with van der Waals surface area (Å²) in [5.41, 5.74) is 2.61. The van der Waals surface area contributed by atoms with Gasteiger partial charge in [0.1, 0.15) is 5.75 Å². The molecule has 0 unspecified atom stereocenters. The first kappa shape index (κ1) is 18.3. The van der Waals surface area contributed by atoms with Crippen LogP contribution in [0.2, 0.25) is 0 Å². The molecule has 0 aliphatic carbocycles. The molecular weight excluding hydrogens is 318 g/mol. The molecular formula is C19H23N3O3. The third kappa shape index (κ3) is 5.24. The van der Waals surface area contributed by atoms with E-state index in [-0.39, 0.29) is 11.9 Å². The van der Waals surface area contributed by atoms with Gasteiger partial charge in [0.15, 0.2) is 0 Å². The van der Waals surface area contributed by atoms with Crippen LogP contribution in [0.3, 0.4) is 0 Å². The average molecular weight is 341 g/mol. The Hall–Kier alpha value is -3.02. The summed E-state index contributed by atoms with van der Waals surface area (Å²) in [6, 6.07) is 14.9. The van der Waals surface area contributed by atoms with Gasteiger partial charge in [-0.15, -0.1) is 0 Å². The number of urea groups is 1. The molecule has 0 radical (unpaired) electrons. The number of hydrogen-bond donors (Lipinski definition) is 2. The van der Waals surface area contributed by atoms with Crippen LogP contribution in [0, 0.1) is 0 Å². The van der Waals surface area contributed by atoms with E-state index in [0.717, 1.165) is 16.9 Å². The quantitative estimate of drug-likeness (QED) is 0.793. The van der Waals surface area contributed by atoms with Crippen molar-refractivity contribution in [3.8, 4) is 16.9 Å². The van der Waals surface area contributed by atoms with Gasteiger partial charge in [-0.05, 0) is 35.4 Å². The number of nitrogens with one attached hydrogen (secondary N) is 2. The van der Waals surface area contributed by atoms with E-state index in [9.17, 15) is 9.59 Å². The number of benzene rings is 2. The van der Waals surface area contributed by atoms with Crippen LogP contribution in [0.4, 0.5) is 4.79 Å². The van der Waals surface area contributed by atoms with Crippen molar-refractivity contribution in [3.05, 3.63) is 54.1 Å². The Bertz CT molecular complexity index is 727. The Labute approximate surface area is 147 Å². The zero-order valence-corrected chi connectivity index (χ0v) is 14.7. The summed E-state index contributed by atoms with van der Waals surface area (Å²) in [5, 5.41) is 5.47. The highest BCUT2D eigenvalue weighted by atomic mass is 16.5. The summed E-state index contributed by atoms with van der Waals surface area (Å²) < 4.78 is 5.23. The van der Waals surface area contributed by atoms with Gasteiger partial charge in [0.25, 0.3) is 5.91 Å². The summed E-state index contributed by atoms with van der Waals surface area (Å²) in [6.07, 6.45) is 0. The molecule has 0 saturated heterocycles. The van der Waals surface area contributed by atoms with Crippen LogP contribution in [0.25, 0.3) is 11.1 Å². The van der Waals surface area contributed by atoms with E-state index in [1.165, 1.54) is 4.90 Å². The lowest BCUT2D eigenvalue weighted by Gasteiger charge is -2.12. The van der Waals surface area contributed by atoms with Crippen molar-refractivity contribution in [2.24, 2.45) is 0 Å². The maximum absolute atomic E-state index is 12.1. The predicted octanol–water partition coefficient (Wildman–Crippen LogP) is 2.36. The van der Waals surface area contributed by atoms with Crippen molar-refractivity contribution in [2.45, 2.75) is 0 Å². The van der Waals surface area contributed by atoms with Gasteiger partial charge in [-0.25, -0.2) is 4.79 Å². The third-order valence-corrected chi connectivity index (χ3v) is 3.64. The van der Waals surface area contributed by atoms with Gasteiger partial charge in [-0.1, -0.05) is 24.3 Å². The van der Waals surface area contributed by atoms with Crippen LogP contribution in [0.15, 0.2) is 48.5 Å². The zero-order chi connectivity index (χ0) is 18.2. The molecule has 6 nitrogen and oxygen atoms in total. The normalized spacial score (nSPS) is 10.0. The number of amides is 3. The van der Waals surface area contributed by atoms with Gasteiger partial charge < -0.3 is 20.3 Å². The lowest BCUT2D eigenvalue weighted by atomic mass is 10.0. The minimum Gasteiger partial charge on any atom is -0.497 e. The van der Waals surface area contributed by atoms with Crippen LogP contribution in [-0.4, -0.2) is 51.1 Å². The molecule has 3 amide bonds. The van der Waals surface area contributed by atoms with E-state index in [2.05, 4.69) is 10.6 Å². The molecule has 2 aromatic carbocycles. The lowest BCUT2D eigenvalue weighted by molar-refractivity contribution is 0.0953. The number of carbonyl (C=O) groups excluding carboxylic acids is 2. The van der Waals surface area contributed by atoms with Crippen molar-refractivity contribution in [3.63, 3.8) is 0 Å². The average Bonchev–Trinajstić information content (AvgIpc) is 2.64. The minimum absolute atomic E-state index is 0.170. The van der Waals surface area contributed by atoms with E-state index >= 15 is 0 Å². The van der Waals surface area contributed by atoms with Gasteiger partial charge in [0.05, 0.1) is 7.11 Å². The second-order valence-electron chi connectivity index (χ2n) is 5.69. The van der Waals surface area contributed by atoms with Gasteiger partial charge in [-0.3, -0.25) is 4.79 Å². The maximum Gasteiger partial charge on any atom is 0.316 e. The highest BCUT2D eigenvalue weighted by Crippen LogP contribution is 2.23. The van der Waals surface area contributed by atoms with Crippen LogP contribution in [0.5, 0.6) is 5.75 Å². The first-order valence-corrected chi connectivity index (χ1v) is 7.99. The standard InChI is InChI=1S/C19H23N3O3/c1-22(2)19(24)21-12-11-20-18(23)15-9-7-14(8-10-15)16-5-4-6-17(13-16)25-3/h4-10,13H,11-12H2,1-3H3,(H,20,23)(H,21,24). The van der Waals surface area contributed by atoms with E-state index < -0.39 is 0 Å². The highest BCUT2D eigenvalue weighted by molar-refractivity contribution is 5.94. The van der Waals surface area contributed by atoms with Crippen LogP contribution in [-0.2, 0) is 0 Å². The molecule has 0 fully saturated rings. The van der Waals surface area contributed by atoms with Gasteiger partial charge in [0, 0.05) is 32.7 Å².